The summed E-state index contributed by atoms with van der Waals surface area (Å²) in [6.07, 6.45) is 2.84. The van der Waals surface area contributed by atoms with Gasteiger partial charge in [-0.3, -0.25) is 15.5 Å². The maximum atomic E-state index is 6.77. The van der Waals surface area contributed by atoms with Gasteiger partial charge in [0.25, 0.3) is 0 Å². The molecule has 0 amide bonds. The molecular formula is C25H24N6. The number of aromatic nitrogens is 2. The normalized spacial score (nSPS) is 15.3. The predicted molar refractivity (Wildman–Crippen MR) is 126 cm³/mol. The highest BCUT2D eigenvalue weighted by Gasteiger charge is 2.38. The standard InChI is InChI=1S/C25H24N6/c1-16-14-19(15-17(2)22(16)18-8-4-3-5-9-18)30-23-24(29-13-12-28-23)31(25(30)27)21-11-7-6-10-20(21)26/h3-15,25H,26-27H2,1-2H3. The van der Waals surface area contributed by atoms with Crippen molar-refractivity contribution >= 4 is 28.7 Å². The molecule has 0 spiro atoms. The van der Waals surface area contributed by atoms with Crippen LogP contribution in [-0.2, 0) is 0 Å². The molecule has 1 aliphatic heterocycles. The van der Waals surface area contributed by atoms with Gasteiger partial charge >= 0.3 is 0 Å². The summed E-state index contributed by atoms with van der Waals surface area (Å²) in [5, 5.41) is 0. The Kier molecular flexibility index (Phi) is 4.56. The first-order valence-corrected chi connectivity index (χ1v) is 10.2. The van der Waals surface area contributed by atoms with Crippen molar-refractivity contribution in [3.05, 3.63) is 90.3 Å². The average molecular weight is 409 g/mol. The molecule has 1 aliphatic rings. The van der Waals surface area contributed by atoms with Gasteiger partial charge < -0.3 is 5.73 Å². The number of nitrogens with zero attached hydrogens (tertiary/aromatic N) is 4. The lowest BCUT2D eigenvalue weighted by molar-refractivity contribution is 0.720. The van der Waals surface area contributed by atoms with Gasteiger partial charge in [-0.2, -0.15) is 0 Å². The zero-order valence-corrected chi connectivity index (χ0v) is 17.5. The summed E-state index contributed by atoms with van der Waals surface area (Å²) < 4.78 is 0. The summed E-state index contributed by atoms with van der Waals surface area (Å²) in [7, 11) is 0. The molecule has 2 heterocycles. The van der Waals surface area contributed by atoms with Crippen molar-refractivity contribution in [1.82, 2.24) is 9.97 Å². The fourth-order valence-electron chi connectivity index (χ4n) is 4.41. The lowest BCUT2D eigenvalue weighted by Gasteiger charge is -2.30. The number of anilines is 5. The van der Waals surface area contributed by atoms with Gasteiger partial charge in [0.2, 0.25) is 0 Å². The summed E-state index contributed by atoms with van der Waals surface area (Å²) >= 11 is 0. The Morgan fingerprint density at radius 2 is 1.35 bits per heavy atom. The van der Waals surface area contributed by atoms with Gasteiger partial charge in [0.15, 0.2) is 17.9 Å². The van der Waals surface area contributed by atoms with Gasteiger partial charge in [0, 0.05) is 18.1 Å². The van der Waals surface area contributed by atoms with E-state index in [0.29, 0.717) is 17.3 Å². The molecule has 4 N–H and O–H groups in total. The van der Waals surface area contributed by atoms with E-state index < -0.39 is 6.29 Å². The molecule has 0 fully saturated rings. The number of fused-ring (bicyclic) bond motifs is 1. The van der Waals surface area contributed by atoms with Crippen molar-refractivity contribution in [1.29, 1.82) is 0 Å². The number of para-hydroxylation sites is 2. The molecule has 0 radical (unpaired) electrons. The number of nitrogens with two attached hydrogens (primary N) is 2. The lowest BCUT2D eigenvalue weighted by atomic mass is 9.95. The largest absolute Gasteiger partial charge is 0.397 e. The van der Waals surface area contributed by atoms with Crippen LogP contribution >= 0.6 is 0 Å². The van der Waals surface area contributed by atoms with Gasteiger partial charge in [0.05, 0.1) is 11.4 Å². The average Bonchev–Trinajstić information content (AvgIpc) is 3.06. The molecule has 0 saturated carbocycles. The first kappa shape index (κ1) is 19.1. The van der Waals surface area contributed by atoms with E-state index in [1.807, 2.05) is 40.1 Å². The summed E-state index contributed by atoms with van der Waals surface area (Å²) in [5.41, 5.74) is 20.3. The summed E-state index contributed by atoms with van der Waals surface area (Å²) in [4.78, 5) is 13.1. The fraction of sp³-hybridized carbons (Fsp3) is 0.120. The Bertz CT molecular complexity index is 1230. The number of hydrogen-bond donors (Lipinski definition) is 2. The smallest absolute Gasteiger partial charge is 0.179 e. The maximum absolute atomic E-state index is 6.77. The van der Waals surface area contributed by atoms with Crippen LogP contribution in [0.1, 0.15) is 11.1 Å². The quantitative estimate of drug-likeness (QED) is 0.470. The van der Waals surface area contributed by atoms with E-state index in [-0.39, 0.29) is 0 Å². The van der Waals surface area contributed by atoms with Crippen molar-refractivity contribution in [3.63, 3.8) is 0 Å². The second-order valence-corrected chi connectivity index (χ2v) is 7.74. The Hall–Kier alpha value is -3.90. The zero-order chi connectivity index (χ0) is 21.5. The summed E-state index contributed by atoms with van der Waals surface area (Å²) in [6, 6.07) is 22.4. The van der Waals surface area contributed by atoms with Gasteiger partial charge in [-0.15, -0.1) is 0 Å². The zero-order valence-electron chi connectivity index (χ0n) is 17.5. The van der Waals surface area contributed by atoms with E-state index in [9.17, 15) is 0 Å². The first-order chi connectivity index (χ1) is 15.1. The van der Waals surface area contributed by atoms with Crippen LogP contribution in [0.25, 0.3) is 11.1 Å². The third-order valence-electron chi connectivity index (χ3n) is 5.70. The Morgan fingerprint density at radius 1 is 0.774 bits per heavy atom. The lowest BCUT2D eigenvalue weighted by Crippen LogP contribution is -2.46. The monoisotopic (exact) mass is 408 g/mol. The molecule has 1 aromatic heterocycles. The molecule has 31 heavy (non-hydrogen) atoms. The van der Waals surface area contributed by atoms with Crippen molar-refractivity contribution in [2.75, 3.05) is 15.5 Å². The molecule has 1 atom stereocenters. The van der Waals surface area contributed by atoms with E-state index in [0.717, 1.165) is 11.4 Å². The van der Waals surface area contributed by atoms with Gasteiger partial charge in [0.1, 0.15) is 0 Å². The number of hydrogen-bond acceptors (Lipinski definition) is 6. The molecule has 6 nitrogen and oxygen atoms in total. The predicted octanol–water partition coefficient (Wildman–Crippen LogP) is 4.87. The Balaban J connectivity index is 1.64. The van der Waals surface area contributed by atoms with Gasteiger partial charge in [-0.05, 0) is 60.4 Å². The highest BCUT2D eigenvalue weighted by atomic mass is 15.5. The molecule has 5 rings (SSSR count). The van der Waals surface area contributed by atoms with Crippen LogP contribution in [-0.4, -0.2) is 16.3 Å². The minimum absolute atomic E-state index is 0.525. The topological polar surface area (TPSA) is 84.3 Å². The second kappa shape index (κ2) is 7.41. The van der Waals surface area contributed by atoms with Crippen LogP contribution in [0.3, 0.4) is 0 Å². The Morgan fingerprint density at radius 3 is 2.00 bits per heavy atom. The highest BCUT2D eigenvalue weighted by Crippen LogP contribution is 2.45. The van der Waals surface area contributed by atoms with Crippen LogP contribution < -0.4 is 21.3 Å². The summed E-state index contributed by atoms with van der Waals surface area (Å²) in [6.45, 7) is 4.26. The molecule has 1 unspecified atom stereocenters. The molecule has 0 aliphatic carbocycles. The van der Waals surface area contributed by atoms with E-state index in [2.05, 4.69) is 60.2 Å². The van der Waals surface area contributed by atoms with Crippen molar-refractivity contribution in [2.45, 2.75) is 20.1 Å². The molecule has 6 heteroatoms. The molecule has 0 saturated heterocycles. The third-order valence-corrected chi connectivity index (χ3v) is 5.70. The maximum Gasteiger partial charge on any atom is 0.179 e. The van der Waals surface area contributed by atoms with Crippen LogP contribution in [0, 0.1) is 13.8 Å². The number of nitrogen functional groups attached to an aromatic ring is 1. The van der Waals surface area contributed by atoms with E-state index in [4.69, 9.17) is 11.5 Å². The van der Waals surface area contributed by atoms with Crippen molar-refractivity contribution in [3.8, 4) is 11.1 Å². The molecule has 4 aromatic rings. The van der Waals surface area contributed by atoms with Gasteiger partial charge in [-0.1, -0.05) is 42.5 Å². The highest BCUT2D eigenvalue weighted by molar-refractivity contribution is 5.87. The second-order valence-electron chi connectivity index (χ2n) is 7.74. The van der Waals surface area contributed by atoms with E-state index in [1.165, 1.54) is 22.3 Å². The molecule has 3 aromatic carbocycles. The van der Waals surface area contributed by atoms with Crippen molar-refractivity contribution < 1.29 is 0 Å². The number of benzene rings is 3. The van der Waals surface area contributed by atoms with E-state index in [1.54, 1.807) is 12.4 Å². The first-order valence-electron chi connectivity index (χ1n) is 10.2. The molecule has 154 valence electrons. The van der Waals surface area contributed by atoms with Crippen molar-refractivity contribution in [2.24, 2.45) is 5.73 Å². The third kappa shape index (κ3) is 3.08. The van der Waals surface area contributed by atoms with Crippen LogP contribution in [0.2, 0.25) is 0 Å². The van der Waals surface area contributed by atoms with Crippen LogP contribution in [0.15, 0.2) is 79.1 Å². The fourth-order valence-corrected chi connectivity index (χ4v) is 4.41. The Labute approximate surface area is 181 Å². The number of rotatable bonds is 3. The SMILES string of the molecule is Cc1cc(N2c3nccnc3N(c3ccccc3N)C2N)cc(C)c1-c1ccccc1. The van der Waals surface area contributed by atoms with Crippen LogP contribution in [0.5, 0.6) is 0 Å². The van der Waals surface area contributed by atoms with Gasteiger partial charge in [-0.25, -0.2) is 9.97 Å². The minimum Gasteiger partial charge on any atom is -0.397 e. The van der Waals surface area contributed by atoms with E-state index >= 15 is 0 Å². The molecule has 0 bridgehead atoms. The van der Waals surface area contributed by atoms with Crippen LogP contribution in [0.4, 0.5) is 28.7 Å². The molecular weight excluding hydrogens is 384 g/mol. The number of aryl methyl sites for hydroxylation is 2. The minimum atomic E-state index is -0.525. The summed E-state index contributed by atoms with van der Waals surface area (Å²) in [5.74, 6) is 1.40.